The molecule has 1 saturated carbocycles. The Bertz CT molecular complexity index is 340. The van der Waals surface area contributed by atoms with E-state index >= 15 is 0 Å². The van der Waals surface area contributed by atoms with Crippen molar-refractivity contribution in [3.05, 3.63) is 0 Å². The number of nitrogens with zero attached hydrogens (tertiary/aromatic N) is 1. The van der Waals surface area contributed by atoms with Gasteiger partial charge in [0, 0.05) is 6.54 Å². The summed E-state index contributed by atoms with van der Waals surface area (Å²) in [4.78, 5) is 25.5. The molecule has 0 aromatic rings. The van der Waals surface area contributed by atoms with E-state index in [9.17, 15) is 9.59 Å². The Morgan fingerprint density at radius 2 is 2.06 bits per heavy atom. The molecule has 2 rings (SSSR count). The fraction of sp³-hybridized carbons (Fsp3) is 0.846. The highest BCUT2D eigenvalue weighted by molar-refractivity contribution is 7.80. The van der Waals surface area contributed by atoms with Gasteiger partial charge < -0.3 is 5.32 Å². The van der Waals surface area contributed by atoms with Crippen LogP contribution in [0.3, 0.4) is 0 Å². The van der Waals surface area contributed by atoms with Crippen molar-refractivity contribution in [3.63, 3.8) is 0 Å². The van der Waals surface area contributed by atoms with E-state index in [-0.39, 0.29) is 23.4 Å². The number of nitrogens with one attached hydrogen (secondary N) is 1. The lowest BCUT2D eigenvalue weighted by atomic mass is 9.88. The van der Waals surface area contributed by atoms with E-state index < -0.39 is 0 Å². The molecule has 18 heavy (non-hydrogen) atoms. The summed E-state index contributed by atoms with van der Waals surface area (Å²) in [7, 11) is 0. The molecule has 1 atom stereocenters. The first-order valence-corrected chi connectivity index (χ1v) is 7.48. The summed E-state index contributed by atoms with van der Waals surface area (Å²) < 4.78 is 0. The summed E-state index contributed by atoms with van der Waals surface area (Å²) in [6, 6.07) is -0.521. The minimum Gasteiger partial charge on any atom is -0.326 e. The number of amides is 3. The summed E-state index contributed by atoms with van der Waals surface area (Å²) in [5, 5.41) is 2.78. The molecule has 3 amide bonds. The van der Waals surface area contributed by atoms with E-state index in [0.717, 1.165) is 31.4 Å². The average Bonchev–Trinajstić information content (AvgIpc) is 2.92. The quantitative estimate of drug-likeness (QED) is 0.594. The fourth-order valence-corrected chi connectivity index (χ4v) is 3.45. The van der Waals surface area contributed by atoms with E-state index in [2.05, 4.69) is 17.9 Å². The molecule has 0 radical (unpaired) electrons. The normalized spacial score (nSPS) is 26.8. The first-order chi connectivity index (χ1) is 8.62. The predicted molar refractivity (Wildman–Crippen MR) is 73.7 cm³/mol. The Morgan fingerprint density at radius 3 is 2.61 bits per heavy atom. The van der Waals surface area contributed by atoms with Crippen molar-refractivity contribution in [1.29, 1.82) is 0 Å². The molecule has 1 saturated heterocycles. The molecule has 2 fully saturated rings. The van der Waals surface area contributed by atoms with Crippen molar-refractivity contribution in [1.82, 2.24) is 10.2 Å². The SMILES string of the molecule is CCCC1NC(=O)N(CC2(CS)CCCC2)C1=O. The van der Waals surface area contributed by atoms with Crippen LogP contribution in [0.4, 0.5) is 4.79 Å². The van der Waals surface area contributed by atoms with Crippen LogP contribution in [0.1, 0.15) is 45.4 Å². The second-order valence-corrected chi connectivity index (χ2v) is 5.90. The summed E-state index contributed by atoms with van der Waals surface area (Å²) in [5.41, 5.74) is 0.0528. The molecule has 0 spiro atoms. The second kappa shape index (κ2) is 5.51. The Kier molecular flexibility index (Phi) is 4.20. The molecule has 1 heterocycles. The maximum absolute atomic E-state index is 12.2. The lowest BCUT2D eigenvalue weighted by Gasteiger charge is -2.30. The Labute approximate surface area is 114 Å². The van der Waals surface area contributed by atoms with Crippen LogP contribution in [0, 0.1) is 5.41 Å². The van der Waals surface area contributed by atoms with Crippen molar-refractivity contribution >= 4 is 24.6 Å². The highest BCUT2D eigenvalue weighted by atomic mass is 32.1. The number of hydrogen-bond donors (Lipinski definition) is 2. The van der Waals surface area contributed by atoms with Gasteiger partial charge in [-0.2, -0.15) is 12.6 Å². The molecule has 1 N–H and O–H groups in total. The zero-order valence-electron chi connectivity index (χ0n) is 10.9. The smallest absolute Gasteiger partial charge is 0.324 e. The summed E-state index contributed by atoms with van der Waals surface area (Å²) >= 11 is 4.43. The lowest BCUT2D eigenvalue weighted by Crippen LogP contribution is -2.41. The molecular weight excluding hydrogens is 248 g/mol. The molecule has 0 aromatic heterocycles. The van der Waals surface area contributed by atoms with Gasteiger partial charge in [0.25, 0.3) is 5.91 Å². The average molecular weight is 270 g/mol. The monoisotopic (exact) mass is 270 g/mol. The van der Waals surface area contributed by atoms with Gasteiger partial charge in [-0.15, -0.1) is 0 Å². The van der Waals surface area contributed by atoms with Gasteiger partial charge in [-0.1, -0.05) is 26.2 Å². The van der Waals surface area contributed by atoms with Crippen molar-refractivity contribution in [3.8, 4) is 0 Å². The predicted octanol–water partition coefficient (Wildman–Crippen LogP) is 2.20. The number of rotatable bonds is 5. The van der Waals surface area contributed by atoms with Gasteiger partial charge in [0.1, 0.15) is 6.04 Å². The van der Waals surface area contributed by atoms with E-state index in [0.29, 0.717) is 6.54 Å². The molecule has 2 aliphatic rings. The number of thiol groups is 1. The van der Waals surface area contributed by atoms with Crippen molar-refractivity contribution < 1.29 is 9.59 Å². The van der Waals surface area contributed by atoms with Gasteiger partial charge in [0.2, 0.25) is 0 Å². The maximum Gasteiger partial charge on any atom is 0.324 e. The first-order valence-electron chi connectivity index (χ1n) is 6.84. The van der Waals surface area contributed by atoms with Crippen LogP contribution in [0.2, 0.25) is 0 Å². The van der Waals surface area contributed by atoms with Crippen molar-refractivity contribution in [2.75, 3.05) is 12.3 Å². The Morgan fingerprint density at radius 1 is 1.39 bits per heavy atom. The van der Waals surface area contributed by atoms with Crippen LogP contribution in [0.5, 0.6) is 0 Å². The topological polar surface area (TPSA) is 49.4 Å². The van der Waals surface area contributed by atoms with E-state index in [4.69, 9.17) is 0 Å². The standard InChI is InChI=1S/C13H22N2O2S/c1-2-5-10-11(16)15(12(17)14-10)8-13(9-18)6-3-4-7-13/h10,18H,2-9H2,1H3,(H,14,17). The Hall–Kier alpha value is -0.710. The zero-order chi connectivity index (χ0) is 13.2. The number of carbonyl (C=O) groups is 2. The third-order valence-electron chi connectivity index (χ3n) is 4.18. The summed E-state index contributed by atoms with van der Waals surface area (Å²) in [6.45, 7) is 2.57. The molecule has 1 unspecified atom stereocenters. The number of carbonyl (C=O) groups excluding carboxylic acids is 2. The summed E-state index contributed by atoms with van der Waals surface area (Å²) in [5.74, 6) is 0.706. The second-order valence-electron chi connectivity index (χ2n) is 5.58. The van der Waals surface area contributed by atoms with Gasteiger partial charge >= 0.3 is 6.03 Å². The maximum atomic E-state index is 12.2. The van der Waals surface area contributed by atoms with Gasteiger partial charge in [-0.05, 0) is 30.4 Å². The highest BCUT2D eigenvalue weighted by Crippen LogP contribution is 2.40. The number of urea groups is 1. The summed E-state index contributed by atoms with van der Waals surface area (Å²) in [6.07, 6.45) is 6.15. The molecule has 1 aliphatic heterocycles. The molecule has 0 bridgehead atoms. The fourth-order valence-electron chi connectivity index (χ4n) is 3.04. The van der Waals surface area contributed by atoms with Gasteiger partial charge in [-0.25, -0.2) is 4.79 Å². The first kappa shape index (κ1) is 13.7. The van der Waals surface area contributed by atoms with E-state index in [1.54, 1.807) is 0 Å². The Balaban J connectivity index is 2.04. The largest absolute Gasteiger partial charge is 0.326 e. The molecule has 5 heteroatoms. The number of hydrogen-bond acceptors (Lipinski definition) is 3. The van der Waals surface area contributed by atoms with Gasteiger partial charge in [-0.3, -0.25) is 9.69 Å². The molecule has 1 aliphatic carbocycles. The van der Waals surface area contributed by atoms with Gasteiger partial charge in [0.15, 0.2) is 0 Å². The van der Waals surface area contributed by atoms with Crippen LogP contribution >= 0.6 is 12.6 Å². The third kappa shape index (κ3) is 2.51. The van der Waals surface area contributed by atoms with E-state index in [1.165, 1.54) is 17.7 Å². The minimum atomic E-state index is -0.305. The third-order valence-corrected chi connectivity index (χ3v) is 4.85. The van der Waals surface area contributed by atoms with Crippen molar-refractivity contribution in [2.24, 2.45) is 5.41 Å². The lowest BCUT2D eigenvalue weighted by molar-refractivity contribution is -0.128. The molecule has 102 valence electrons. The highest BCUT2D eigenvalue weighted by Gasteiger charge is 2.43. The minimum absolute atomic E-state index is 0.0464. The van der Waals surface area contributed by atoms with E-state index in [1.807, 2.05) is 6.92 Å². The van der Waals surface area contributed by atoms with Crippen LogP contribution in [-0.4, -0.2) is 35.2 Å². The number of imide groups is 1. The van der Waals surface area contributed by atoms with Crippen LogP contribution in [0.15, 0.2) is 0 Å². The van der Waals surface area contributed by atoms with Crippen molar-refractivity contribution in [2.45, 2.75) is 51.5 Å². The van der Waals surface area contributed by atoms with Crippen LogP contribution < -0.4 is 5.32 Å². The molecule has 4 nitrogen and oxygen atoms in total. The molecule has 0 aromatic carbocycles. The molecular formula is C13H22N2O2S. The van der Waals surface area contributed by atoms with Gasteiger partial charge in [0.05, 0.1) is 0 Å². The van der Waals surface area contributed by atoms with Crippen LogP contribution in [0.25, 0.3) is 0 Å². The van der Waals surface area contributed by atoms with Crippen LogP contribution in [-0.2, 0) is 4.79 Å². The zero-order valence-corrected chi connectivity index (χ0v) is 11.8.